The third-order valence-corrected chi connectivity index (χ3v) is 6.77. The molecule has 0 bridgehead atoms. The Labute approximate surface area is 225 Å². The summed E-state index contributed by atoms with van der Waals surface area (Å²) >= 11 is 0. The van der Waals surface area contributed by atoms with Gasteiger partial charge in [-0.1, -0.05) is 50.6 Å². The van der Waals surface area contributed by atoms with Crippen LogP contribution in [0.5, 0.6) is 0 Å². The molecule has 1 aliphatic rings. The summed E-state index contributed by atoms with van der Waals surface area (Å²) in [5.41, 5.74) is 3.39. The van der Waals surface area contributed by atoms with Crippen molar-refractivity contribution >= 4 is 23.7 Å². The molecule has 0 radical (unpaired) electrons. The van der Waals surface area contributed by atoms with Gasteiger partial charge < -0.3 is 20.1 Å². The molecule has 1 aromatic rings. The summed E-state index contributed by atoms with van der Waals surface area (Å²) in [5, 5.41) is 12.3. The maximum atomic E-state index is 13.4. The van der Waals surface area contributed by atoms with E-state index in [4.69, 9.17) is 9.57 Å². The maximum Gasteiger partial charge on any atom is 0.325 e. The molecule has 0 spiro atoms. The molecule has 2 rings (SSSR count). The van der Waals surface area contributed by atoms with Gasteiger partial charge in [0, 0.05) is 25.6 Å². The van der Waals surface area contributed by atoms with Gasteiger partial charge >= 0.3 is 5.97 Å². The number of methoxy groups -OCH3 is 1. The monoisotopic (exact) mass is 533 g/mol. The normalized spacial score (nSPS) is 17.4. The summed E-state index contributed by atoms with van der Waals surface area (Å²) in [7, 11) is 1.28. The number of carbonyl (C=O) groups excluding carboxylic acids is 4. The average molecular weight is 534 g/mol. The first-order chi connectivity index (χ1) is 18.3. The van der Waals surface area contributed by atoms with Gasteiger partial charge in [0.05, 0.1) is 25.6 Å². The molecule has 1 saturated heterocycles. The number of hydroxylamine groups is 1. The minimum absolute atomic E-state index is 0.0999. The molecule has 0 aromatic heterocycles. The van der Waals surface area contributed by atoms with E-state index in [1.807, 2.05) is 44.2 Å². The van der Waals surface area contributed by atoms with E-state index in [0.29, 0.717) is 32.2 Å². The van der Waals surface area contributed by atoms with Crippen LogP contribution in [0.1, 0.15) is 57.9 Å². The van der Waals surface area contributed by atoms with Crippen molar-refractivity contribution < 1.29 is 33.9 Å². The Morgan fingerprint density at radius 3 is 2.50 bits per heavy atom. The predicted molar refractivity (Wildman–Crippen MR) is 141 cm³/mol. The molecular formula is C28H43N3O7. The number of benzene rings is 1. The second kappa shape index (κ2) is 16.8. The molecule has 3 atom stereocenters. The van der Waals surface area contributed by atoms with Gasteiger partial charge in [-0.05, 0) is 43.6 Å². The summed E-state index contributed by atoms with van der Waals surface area (Å²) in [6, 6.07) is 9.40. The van der Waals surface area contributed by atoms with Gasteiger partial charge in [-0.2, -0.15) is 0 Å². The van der Waals surface area contributed by atoms with E-state index in [-0.39, 0.29) is 44.0 Å². The third kappa shape index (κ3) is 10.4. The zero-order valence-corrected chi connectivity index (χ0v) is 22.8. The average Bonchev–Trinajstić information content (AvgIpc) is 3.07. The standard InChI is InChI=1S/C28H43N3O7/c1-20(2)16-24(23(13-9-15-32)27(35)30-38-19-21-10-5-4-6-11-21)26(34)29-17-22-12-7-8-14-31(28(22)36)18-25(33)37-3/h4-6,10-11,20,22-24,32H,7-9,12-19H2,1-3H3,(H,29,34)(H,30,35)/t22-,23+,24-/m1/s1. The number of nitrogens with zero attached hydrogens (tertiary/aromatic N) is 1. The first-order valence-electron chi connectivity index (χ1n) is 13.5. The van der Waals surface area contributed by atoms with Gasteiger partial charge in [-0.15, -0.1) is 0 Å². The van der Waals surface area contributed by atoms with E-state index < -0.39 is 29.6 Å². The molecule has 10 nitrogen and oxygen atoms in total. The van der Waals surface area contributed by atoms with Crippen molar-refractivity contribution in [2.24, 2.45) is 23.7 Å². The summed E-state index contributed by atoms with van der Waals surface area (Å²) in [6.45, 7) is 4.54. The number of aliphatic hydroxyl groups excluding tert-OH is 1. The van der Waals surface area contributed by atoms with Crippen LogP contribution >= 0.6 is 0 Å². The largest absolute Gasteiger partial charge is 0.468 e. The summed E-state index contributed by atoms with van der Waals surface area (Å²) in [4.78, 5) is 58.3. The number of nitrogens with one attached hydrogen (secondary N) is 2. The van der Waals surface area contributed by atoms with E-state index >= 15 is 0 Å². The minimum Gasteiger partial charge on any atom is -0.468 e. The Bertz CT molecular complexity index is 894. The van der Waals surface area contributed by atoms with E-state index in [1.165, 1.54) is 12.0 Å². The fourth-order valence-corrected chi connectivity index (χ4v) is 4.74. The van der Waals surface area contributed by atoms with Gasteiger partial charge in [-0.3, -0.25) is 24.0 Å². The van der Waals surface area contributed by atoms with Crippen LogP contribution in [0.4, 0.5) is 0 Å². The van der Waals surface area contributed by atoms with Crippen molar-refractivity contribution in [1.29, 1.82) is 0 Å². The van der Waals surface area contributed by atoms with Gasteiger partial charge in [-0.25, -0.2) is 5.48 Å². The number of aliphatic hydroxyl groups is 1. The van der Waals surface area contributed by atoms with Crippen LogP contribution in [0.3, 0.4) is 0 Å². The topological polar surface area (TPSA) is 134 Å². The zero-order valence-electron chi connectivity index (χ0n) is 22.8. The lowest BCUT2D eigenvalue weighted by molar-refractivity contribution is -0.148. The lowest BCUT2D eigenvalue weighted by Gasteiger charge is -2.28. The molecule has 38 heavy (non-hydrogen) atoms. The molecule has 1 heterocycles. The number of esters is 1. The van der Waals surface area contributed by atoms with Crippen molar-refractivity contribution in [3.63, 3.8) is 0 Å². The summed E-state index contributed by atoms with van der Waals surface area (Å²) < 4.78 is 4.71. The Kier molecular flexibility index (Phi) is 13.8. The molecule has 0 aliphatic carbocycles. The number of rotatable bonds is 15. The van der Waals surface area contributed by atoms with Crippen molar-refractivity contribution in [2.75, 3.05) is 33.4 Å². The van der Waals surface area contributed by atoms with Gasteiger partial charge in [0.1, 0.15) is 6.54 Å². The smallest absolute Gasteiger partial charge is 0.325 e. The Balaban J connectivity index is 2.07. The van der Waals surface area contributed by atoms with E-state index in [9.17, 15) is 24.3 Å². The fraction of sp³-hybridized carbons (Fsp3) is 0.643. The van der Waals surface area contributed by atoms with Crippen LogP contribution in [0.15, 0.2) is 30.3 Å². The Hall–Kier alpha value is -2.98. The fourth-order valence-electron chi connectivity index (χ4n) is 4.74. The summed E-state index contributed by atoms with van der Waals surface area (Å²) in [6.07, 6.45) is 3.32. The van der Waals surface area contributed by atoms with Gasteiger partial charge in [0.2, 0.25) is 17.7 Å². The van der Waals surface area contributed by atoms with Crippen LogP contribution in [0.25, 0.3) is 0 Å². The third-order valence-electron chi connectivity index (χ3n) is 6.77. The maximum absolute atomic E-state index is 13.4. The molecule has 1 aromatic carbocycles. The summed E-state index contributed by atoms with van der Waals surface area (Å²) in [5.74, 6) is -3.07. The van der Waals surface area contributed by atoms with E-state index in [1.54, 1.807) is 0 Å². The van der Waals surface area contributed by atoms with Crippen molar-refractivity contribution in [3.8, 4) is 0 Å². The quantitative estimate of drug-likeness (QED) is 0.232. The number of hydrogen-bond acceptors (Lipinski definition) is 7. The minimum atomic E-state index is -0.707. The number of hydrogen-bond donors (Lipinski definition) is 3. The van der Waals surface area contributed by atoms with E-state index in [2.05, 4.69) is 10.8 Å². The SMILES string of the molecule is COC(=O)CN1CCCC[C@H](CNC(=O)[C@H](CC(C)C)[C@H](CCCO)C(=O)NOCc2ccccc2)C1=O. The van der Waals surface area contributed by atoms with Crippen LogP contribution in [-0.2, 0) is 35.4 Å². The van der Waals surface area contributed by atoms with Gasteiger partial charge in [0.25, 0.3) is 0 Å². The highest BCUT2D eigenvalue weighted by Gasteiger charge is 2.35. The van der Waals surface area contributed by atoms with E-state index in [0.717, 1.165) is 18.4 Å². The second-order valence-corrected chi connectivity index (χ2v) is 10.2. The van der Waals surface area contributed by atoms with Crippen LogP contribution in [0, 0.1) is 23.7 Å². The molecule has 212 valence electrons. The number of carbonyl (C=O) groups is 4. The Morgan fingerprint density at radius 2 is 1.84 bits per heavy atom. The molecule has 3 amide bonds. The Morgan fingerprint density at radius 1 is 1.11 bits per heavy atom. The van der Waals surface area contributed by atoms with Gasteiger partial charge in [0.15, 0.2) is 0 Å². The second-order valence-electron chi connectivity index (χ2n) is 10.2. The molecule has 0 saturated carbocycles. The predicted octanol–water partition coefficient (Wildman–Crippen LogP) is 2.20. The van der Waals surface area contributed by atoms with Crippen molar-refractivity contribution in [2.45, 2.75) is 59.0 Å². The number of likely N-dealkylation sites (tertiary alicyclic amines) is 1. The first kappa shape index (κ1) is 31.2. The molecule has 1 fully saturated rings. The molecular weight excluding hydrogens is 490 g/mol. The van der Waals surface area contributed by atoms with Crippen LogP contribution < -0.4 is 10.8 Å². The lowest BCUT2D eigenvalue weighted by atomic mass is 9.81. The van der Waals surface area contributed by atoms with Crippen molar-refractivity contribution in [3.05, 3.63) is 35.9 Å². The van der Waals surface area contributed by atoms with Crippen LogP contribution in [-0.4, -0.2) is 67.0 Å². The van der Waals surface area contributed by atoms with Crippen molar-refractivity contribution in [1.82, 2.24) is 15.7 Å². The molecule has 1 aliphatic heterocycles. The highest BCUT2D eigenvalue weighted by atomic mass is 16.6. The highest BCUT2D eigenvalue weighted by molar-refractivity contribution is 5.88. The molecule has 0 unspecified atom stereocenters. The number of amides is 3. The molecule has 10 heteroatoms. The lowest BCUT2D eigenvalue weighted by Crippen LogP contribution is -2.46. The zero-order chi connectivity index (χ0) is 27.9. The van der Waals surface area contributed by atoms with Crippen LogP contribution in [0.2, 0.25) is 0 Å². The highest BCUT2D eigenvalue weighted by Crippen LogP contribution is 2.26. The molecule has 3 N–H and O–H groups in total. The first-order valence-corrected chi connectivity index (χ1v) is 13.5. The number of ether oxygens (including phenoxy) is 1.